The zero-order valence-corrected chi connectivity index (χ0v) is 10.4. The molecule has 6 heteroatoms. The van der Waals surface area contributed by atoms with E-state index in [1.807, 2.05) is 33.9 Å². The van der Waals surface area contributed by atoms with Crippen LogP contribution in [0, 0.1) is 26.2 Å². The van der Waals surface area contributed by atoms with Gasteiger partial charge in [-0.15, -0.1) is 0 Å². The SMILES string of the molecule is Cc1cc(C)n(-c2c(C(=N)N)c(C)nn2C)n1. The van der Waals surface area contributed by atoms with Crippen molar-refractivity contribution in [2.24, 2.45) is 12.8 Å². The fourth-order valence-corrected chi connectivity index (χ4v) is 2.05. The summed E-state index contributed by atoms with van der Waals surface area (Å²) in [5.41, 5.74) is 8.91. The van der Waals surface area contributed by atoms with Crippen molar-refractivity contribution >= 4 is 5.84 Å². The van der Waals surface area contributed by atoms with E-state index in [2.05, 4.69) is 10.2 Å². The second-order valence-corrected chi connectivity index (χ2v) is 4.16. The molecule has 0 amide bonds. The summed E-state index contributed by atoms with van der Waals surface area (Å²) in [4.78, 5) is 0. The summed E-state index contributed by atoms with van der Waals surface area (Å²) in [7, 11) is 1.82. The van der Waals surface area contributed by atoms with Crippen LogP contribution in [0.4, 0.5) is 0 Å². The molecule has 2 heterocycles. The molecule has 0 bridgehead atoms. The maximum Gasteiger partial charge on any atom is 0.163 e. The normalized spacial score (nSPS) is 10.8. The summed E-state index contributed by atoms with van der Waals surface area (Å²) in [5, 5.41) is 16.3. The van der Waals surface area contributed by atoms with Gasteiger partial charge in [0.25, 0.3) is 0 Å². The number of nitrogens with one attached hydrogen (secondary N) is 1. The van der Waals surface area contributed by atoms with Gasteiger partial charge in [-0.05, 0) is 26.8 Å². The Morgan fingerprint density at radius 3 is 2.41 bits per heavy atom. The van der Waals surface area contributed by atoms with Crippen LogP contribution < -0.4 is 5.73 Å². The van der Waals surface area contributed by atoms with Crippen molar-refractivity contribution in [3.63, 3.8) is 0 Å². The Hall–Kier alpha value is -2.11. The van der Waals surface area contributed by atoms with Crippen molar-refractivity contribution in [2.45, 2.75) is 20.8 Å². The first-order chi connectivity index (χ1) is 7.91. The van der Waals surface area contributed by atoms with E-state index >= 15 is 0 Å². The molecule has 6 nitrogen and oxygen atoms in total. The highest BCUT2D eigenvalue weighted by Crippen LogP contribution is 2.18. The van der Waals surface area contributed by atoms with E-state index in [0.717, 1.165) is 22.9 Å². The van der Waals surface area contributed by atoms with E-state index < -0.39 is 0 Å². The Morgan fingerprint density at radius 1 is 1.29 bits per heavy atom. The predicted molar refractivity (Wildman–Crippen MR) is 65.6 cm³/mol. The van der Waals surface area contributed by atoms with E-state index in [-0.39, 0.29) is 5.84 Å². The van der Waals surface area contributed by atoms with Crippen molar-refractivity contribution in [2.75, 3.05) is 0 Å². The van der Waals surface area contributed by atoms with Gasteiger partial charge < -0.3 is 5.73 Å². The van der Waals surface area contributed by atoms with Gasteiger partial charge in [-0.1, -0.05) is 0 Å². The lowest BCUT2D eigenvalue weighted by molar-refractivity contribution is 0.682. The Morgan fingerprint density at radius 2 is 1.94 bits per heavy atom. The first kappa shape index (κ1) is 11.4. The highest BCUT2D eigenvalue weighted by atomic mass is 15.4. The van der Waals surface area contributed by atoms with Crippen LogP contribution >= 0.6 is 0 Å². The maximum absolute atomic E-state index is 7.64. The van der Waals surface area contributed by atoms with Crippen LogP contribution in [0.25, 0.3) is 5.82 Å². The minimum Gasteiger partial charge on any atom is -0.384 e. The smallest absolute Gasteiger partial charge is 0.163 e. The molecule has 0 aromatic carbocycles. The summed E-state index contributed by atoms with van der Waals surface area (Å²) >= 11 is 0. The van der Waals surface area contributed by atoms with Crippen molar-refractivity contribution in [1.82, 2.24) is 19.6 Å². The minimum absolute atomic E-state index is 0.0122. The van der Waals surface area contributed by atoms with Gasteiger partial charge in [0.1, 0.15) is 5.84 Å². The third-order valence-corrected chi connectivity index (χ3v) is 2.67. The Bertz CT molecular complexity index is 589. The first-order valence-corrected chi connectivity index (χ1v) is 5.33. The zero-order chi connectivity index (χ0) is 12.7. The van der Waals surface area contributed by atoms with Gasteiger partial charge in [0.05, 0.1) is 17.0 Å². The topological polar surface area (TPSA) is 85.5 Å². The predicted octanol–water partition coefficient (Wildman–Crippen LogP) is 0.815. The van der Waals surface area contributed by atoms with Crippen molar-refractivity contribution in [3.05, 3.63) is 28.7 Å². The number of nitrogen functional groups attached to an aromatic ring is 1. The van der Waals surface area contributed by atoms with Crippen LogP contribution in [0.5, 0.6) is 0 Å². The molecule has 0 spiro atoms. The van der Waals surface area contributed by atoms with E-state index in [1.165, 1.54) is 0 Å². The minimum atomic E-state index is 0.0122. The number of nitrogens with zero attached hydrogens (tertiary/aromatic N) is 4. The van der Waals surface area contributed by atoms with Crippen LogP contribution in [0.1, 0.15) is 22.6 Å². The van der Waals surface area contributed by atoms with Crippen molar-refractivity contribution < 1.29 is 0 Å². The molecule has 0 fully saturated rings. The van der Waals surface area contributed by atoms with Gasteiger partial charge >= 0.3 is 0 Å². The van der Waals surface area contributed by atoms with Crippen molar-refractivity contribution in [3.8, 4) is 5.82 Å². The number of aromatic nitrogens is 4. The largest absolute Gasteiger partial charge is 0.384 e. The number of hydrogen-bond acceptors (Lipinski definition) is 3. The first-order valence-electron chi connectivity index (χ1n) is 5.33. The van der Waals surface area contributed by atoms with Crippen LogP contribution in [0.2, 0.25) is 0 Å². The third kappa shape index (κ3) is 1.71. The van der Waals surface area contributed by atoms with Crippen molar-refractivity contribution in [1.29, 1.82) is 5.41 Å². The van der Waals surface area contributed by atoms with Gasteiger partial charge in [0.2, 0.25) is 0 Å². The molecule has 0 aliphatic heterocycles. The fourth-order valence-electron chi connectivity index (χ4n) is 2.05. The molecule has 17 heavy (non-hydrogen) atoms. The summed E-state index contributed by atoms with van der Waals surface area (Å²) < 4.78 is 3.47. The highest BCUT2D eigenvalue weighted by molar-refractivity contribution is 5.99. The standard InChI is InChI=1S/C11H16N6/c1-6-5-7(2)17(14-6)11-9(10(12)13)8(3)15-16(11)4/h5H,1-4H3,(H3,12,13). The van der Waals surface area contributed by atoms with Crippen LogP contribution in [-0.2, 0) is 7.05 Å². The summed E-state index contributed by atoms with van der Waals surface area (Å²) in [6.07, 6.45) is 0. The molecule has 0 aliphatic carbocycles. The maximum atomic E-state index is 7.64. The monoisotopic (exact) mass is 232 g/mol. The summed E-state index contributed by atoms with van der Waals surface area (Å²) in [6.45, 7) is 5.73. The van der Waals surface area contributed by atoms with Crippen LogP contribution in [-0.4, -0.2) is 25.4 Å². The lowest BCUT2D eigenvalue weighted by Crippen LogP contribution is -2.17. The van der Waals surface area contributed by atoms with E-state index in [0.29, 0.717) is 5.56 Å². The molecular weight excluding hydrogens is 216 g/mol. The van der Waals surface area contributed by atoms with Crippen LogP contribution in [0.3, 0.4) is 0 Å². The molecule has 0 aliphatic rings. The molecular formula is C11H16N6. The van der Waals surface area contributed by atoms with Gasteiger partial charge in [-0.3, -0.25) is 10.1 Å². The lowest BCUT2D eigenvalue weighted by Gasteiger charge is -2.07. The average Bonchev–Trinajstić information content (AvgIpc) is 2.66. The lowest BCUT2D eigenvalue weighted by atomic mass is 10.2. The highest BCUT2D eigenvalue weighted by Gasteiger charge is 2.19. The molecule has 3 N–H and O–H groups in total. The van der Waals surface area contributed by atoms with Gasteiger partial charge in [-0.25, -0.2) is 4.68 Å². The Labute approximate surface area is 99.6 Å². The van der Waals surface area contributed by atoms with E-state index in [1.54, 1.807) is 9.36 Å². The molecule has 90 valence electrons. The zero-order valence-electron chi connectivity index (χ0n) is 10.4. The number of rotatable bonds is 2. The molecule has 0 atom stereocenters. The van der Waals surface area contributed by atoms with Gasteiger partial charge in [-0.2, -0.15) is 10.2 Å². The summed E-state index contributed by atoms with van der Waals surface area (Å²) in [6, 6.07) is 1.98. The molecule has 2 rings (SSSR count). The Balaban J connectivity index is 2.75. The molecule has 0 saturated carbocycles. The van der Waals surface area contributed by atoms with Crippen LogP contribution in [0.15, 0.2) is 6.07 Å². The molecule has 2 aromatic rings. The molecule has 0 radical (unpaired) electrons. The van der Waals surface area contributed by atoms with Gasteiger partial charge in [0, 0.05) is 12.7 Å². The number of aryl methyl sites for hydroxylation is 4. The number of hydrogen-bond donors (Lipinski definition) is 2. The van der Waals surface area contributed by atoms with E-state index in [9.17, 15) is 0 Å². The van der Waals surface area contributed by atoms with E-state index in [4.69, 9.17) is 11.1 Å². The molecule has 2 aromatic heterocycles. The fraction of sp³-hybridized carbons (Fsp3) is 0.364. The second kappa shape index (κ2) is 3.73. The van der Waals surface area contributed by atoms with Gasteiger partial charge in [0.15, 0.2) is 5.82 Å². The number of amidine groups is 1. The average molecular weight is 232 g/mol. The Kier molecular flexibility index (Phi) is 2.49. The quantitative estimate of drug-likeness (QED) is 0.593. The summed E-state index contributed by atoms with van der Waals surface area (Å²) in [5.74, 6) is 0.749. The third-order valence-electron chi connectivity index (χ3n) is 2.67. The molecule has 0 unspecified atom stereocenters. The second-order valence-electron chi connectivity index (χ2n) is 4.16. The molecule has 0 saturated heterocycles. The number of nitrogens with two attached hydrogens (primary N) is 1.